The minimum atomic E-state index is -0.574. The van der Waals surface area contributed by atoms with Gasteiger partial charge in [0, 0.05) is 11.3 Å². The number of hydrogen-bond donors (Lipinski definition) is 0. The van der Waals surface area contributed by atoms with Gasteiger partial charge in [-0.3, -0.25) is 4.90 Å². The third-order valence-corrected chi connectivity index (χ3v) is 3.09. The quantitative estimate of drug-likeness (QED) is 0.799. The van der Waals surface area contributed by atoms with Gasteiger partial charge in [0.2, 0.25) is 5.28 Å². The van der Waals surface area contributed by atoms with E-state index in [1.807, 2.05) is 0 Å². The Kier molecular flexibility index (Phi) is 3.23. The van der Waals surface area contributed by atoms with Crippen LogP contribution >= 0.6 is 11.6 Å². The van der Waals surface area contributed by atoms with Crippen molar-refractivity contribution in [1.82, 2.24) is 9.97 Å². The van der Waals surface area contributed by atoms with Crippen LogP contribution in [0.15, 0.2) is 30.5 Å². The molecule has 1 aromatic carbocycles. The van der Waals surface area contributed by atoms with Crippen molar-refractivity contribution in [3.63, 3.8) is 0 Å². The van der Waals surface area contributed by atoms with Crippen molar-refractivity contribution in [2.24, 2.45) is 0 Å². The lowest BCUT2D eigenvalue weighted by Crippen LogP contribution is -2.23. The minimum absolute atomic E-state index is 0.0348. The molecule has 0 atom stereocenters. The molecule has 0 N–H and O–H groups in total. The van der Waals surface area contributed by atoms with E-state index in [1.165, 1.54) is 4.90 Å². The van der Waals surface area contributed by atoms with Gasteiger partial charge < -0.3 is 4.74 Å². The summed E-state index contributed by atoms with van der Waals surface area (Å²) in [5.41, 5.74) is 1.24. The van der Waals surface area contributed by atoms with Crippen LogP contribution in [0, 0.1) is 5.82 Å². The second-order valence-electron chi connectivity index (χ2n) is 4.15. The number of benzene rings is 1. The summed E-state index contributed by atoms with van der Waals surface area (Å²) in [5.74, 6) is -0.574. The monoisotopic (exact) mass is 293 g/mol. The number of halogens is 2. The summed E-state index contributed by atoms with van der Waals surface area (Å²) in [4.78, 5) is 20.4. The molecule has 0 spiro atoms. The molecular weight excluding hydrogens is 285 g/mol. The Morgan fingerprint density at radius 1 is 1.40 bits per heavy atom. The predicted molar refractivity (Wildman–Crippen MR) is 71.1 cm³/mol. The lowest BCUT2D eigenvalue weighted by molar-refractivity contribution is 0.181. The van der Waals surface area contributed by atoms with Crippen LogP contribution in [0.4, 0.5) is 14.9 Å². The predicted octanol–water partition coefficient (Wildman–Crippen LogP) is 2.89. The number of rotatable bonds is 2. The highest BCUT2D eigenvalue weighted by Gasteiger charge is 2.24. The maximum Gasteiger partial charge on any atom is 0.414 e. The van der Waals surface area contributed by atoms with Crippen molar-refractivity contribution in [2.75, 3.05) is 18.1 Å². The van der Waals surface area contributed by atoms with Gasteiger partial charge in [-0.2, -0.15) is 0 Å². The van der Waals surface area contributed by atoms with Gasteiger partial charge in [-0.05, 0) is 23.7 Å². The van der Waals surface area contributed by atoms with Crippen LogP contribution in [0.1, 0.15) is 0 Å². The van der Waals surface area contributed by atoms with E-state index in [9.17, 15) is 9.18 Å². The van der Waals surface area contributed by atoms with Crippen molar-refractivity contribution >= 4 is 23.4 Å². The topological polar surface area (TPSA) is 55.3 Å². The molecular formula is C13H9ClFN3O2. The lowest BCUT2D eigenvalue weighted by Gasteiger charge is -2.13. The van der Waals surface area contributed by atoms with E-state index in [0.717, 1.165) is 6.20 Å². The Morgan fingerprint density at radius 2 is 2.25 bits per heavy atom. The third-order valence-electron chi connectivity index (χ3n) is 2.91. The summed E-state index contributed by atoms with van der Waals surface area (Å²) >= 11 is 5.68. The maximum absolute atomic E-state index is 13.8. The highest BCUT2D eigenvalue weighted by molar-refractivity contribution is 6.28. The zero-order valence-electron chi connectivity index (χ0n) is 10.2. The summed E-state index contributed by atoms with van der Waals surface area (Å²) in [5, 5.41) is -0.0348. The van der Waals surface area contributed by atoms with Crippen LogP contribution in [0.3, 0.4) is 0 Å². The summed E-state index contributed by atoms with van der Waals surface area (Å²) < 4.78 is 18.6. The zero-order chi connectivity index (χ0) is 14.1. The maximum atomic E-state index is 13.8. The first-order valence-electron chi connectivity index (χ1n) is 5.88. The van der Waals surface area contributed by atoms with Crippen LogP contribution in [-0.2, 0) is 4.74 Å². The van der Waals surface area contributed by atoms with Gasteiger partial charge in [0.1, 0.15) is 12.3 Å². The molecule has 20 heavy (non-hydrogen) atoms. The van der Waals surface area contributed by atoms with Gasteiger partial charge in [0.15, 0.2) is 5.82 Å². The van der Waals surface area contributed by atoms with Gasteiger partial charge in [0.25, 0.3) is 0 Å². The van der Waals surface area contributed by atoms with Crippen LogP contribution in [0.25, 0.3) is 11.3 Å². The van der Waals surface area contributed by atoms with Crippen LogP contribution in [-0.4, -0.2) is 29.2 Å². The van der Waals surface area contributed by atoms with Crippen molar-refractivity contribution < 1.29 is 13.9 Å². The molecule has 1 aliphatic rings. The second-order valence-corrected chi connectivity index (χ2v) is 4.49. The number of cyclic esters (lactones) is 1. The summed E-state index contributed by atoms with van der Waals surface area (Å²) in [7, 11) is 0. The molecule has 0 unspecified atom stereocenters. The first-order valence-corrected chi connectivity index (χ1v) is 6.26. The fourth-order valence-corrected chi connectivity index (χ4v) is 2.13. The molecule has 1 amide bonds. The van der Waals surface area contributed by atoms with Gasteiger partial charge >= 0.3 is 6.09 Å². The molecule has 2 heterocycles. The Hall–Kier alpha value is -2.21. The van der Waals surface area contributed by atoms with Crippen molar-refractivity contribution in [3.8, 4) is 11.3 Å². The Morgan fingerprint density at radius 3 is 3.00 bits per heavy atom. The normalized spacial score (nSPS) is 14.5. The number of carbonyl (C=O) groups is 1. The summed E-state index contributed by atoms with van der Waals surface area (Å²) in [6.07, 6.45) is 0.602. The molecule has 2 aromatic rings. The third kappa shape index (κ3) is 2.30. The molecule has 0 radical (unpaired) electrons. The van der Waals surface area contributed by atoms with Crippen LogP contribution in [0.5, 0.6) is 0 Å². The Balaban J connectivity index is 2.03. The standard InChI is InChI=1S/C13H9ClFN3O2/c14-12-16-7-10(15)11(17-12)8-2-1-3-9(6-8)18-4-5-20-13(18)19/h1-3,6-7H,4-5H2. The molecule has 1 aromatic heterocycles. The molecule has 3 rings (SSSR count). The number of nitrogens with zero attached hydrogens (tertiary/aromatic N) is 3. The molecule has 1 aliphatic heterocycles. The van der Waals surface area contributed by atoms with Gasteiger partial charge in [-0.15, -0.1) is 0 Å². The first-order chi connectivity index (χ1) is 9.65. The second kappa shape index (κ2) is 5.05. The van der Waals surface area contributed by atoms with Crippen molar-refractivity contribution in [1.29, 1.82) is 0 Å². The molecule has 102 valence electrons. The number of ether oxygens (including phenoxy) is 1. The van der Waals surface area contributed by atoms with Crippen molar-refractivity contribution in [3.05, 3.63) is 41.6 Å². The number of anilines is 1. The van der Waals surface area contributed by atoms with E-state index in [1.54, 1.807) is 24.3 Å². The van der Waals surface area contributed by atoms with E-state index >= 15 is 0 Å². The highest BCUT2D eigenvalue weighted by atomic mass is 35.5. The number of amides is 1. The first kappa shape index (κ1) is 12.8. The fourth-order valence-electron chi connectivity index (χ4n) is 2.00. The van der Waals surface area contributed by atoms with Crippen molar-refractivity contribution in [2.45, 2.75) is 0 Å². The lowest BCUT2D eigenvalue weighted by atomic mass is 10.1. The van der Waals surface area contributed by atoms with E-state index in [-0.39, 0.29) is 11.0 Å². The van der Waals surface area contributed by atoms with E-state index in [2.05, 4.69) is 9.97 Å². The van der Waals surface area contributed by atoms with Crippen LogP contribution in [0.2, 0.25) is 5.28 Å². The Labute approximate surface area is 119 Å². The number of carbonyl (C=O) groups excluding carboxylic acids is 1. The Bertz CT molecular complexity index is 680. The molecule has 0 saturated carbocycles. The highest BCUT2D eigenvalue weighted by Crippen LogP contribution is 2.27. The smallest absolute Gasteiger partial charge is 0.414 e. The molecule has 0 aliphatic carbocycles. The average Bonchev–Trinajstić information content (AvgIpc) is 2.88. The van der Waals surface area contributed by atoms with Gasteiger partial charge in [0.05, 0.1) is 12.7 Å². The zero-order valence-corrected chi connectivity index (χ0v) is 11.0. The molecule has 7 heteroatoms. The number of aromatic nitrogens is 2. The molecule has 1 saturated heterocycles. The molecule has 0 bridgehead atoms. The van der Waals surface area contributed by atoms with E-state index in [4.69, 9.17) is 16.3 Å². The average molecular weight is 294 g/mol. The SMILES string of the molecule is O=C1OCCN1c1cccc(-c2nc(Cl)ncc2F)c1. The minimum Gasteiger partial charge on any atom is -0.447 e. The number of hydrogen-bond acceptors (Lipinski definition) is 4. The summed E-state index contributed by atoms with van der Waals surface area (Å²) in [6, 6.07) is 6.81. The molecule has 5 nitrogen and oxygen atoms in total. The van der Waals surface area contributed by atoms with E-state index in [0.29, 0.717) is 24.4 Å². The van der Waals surface area contributed by atoms with Crippen LogP contribution < -0.4 is 4.90 Å². The van der Waals surface area contributed by atoms with Gasteiger partial charge in [-0.1, -0.05) is 12.1 Å². The van der Waals surface area contributed by atoms with E-state index < -0.39 is 11.9 Å². The fraction of sp³-hybridized carbons (Fsp3) is 0.154. The molecule has 1 fully saturated rings. The largest absolute Gasteiger partial charge is 0.447 e. The summed E-state index contributed by atoms with van der Waals surface area (Å²) in [6.45, 7) is 0.812. The van der Waals surface area contributed by atoms with Gasteiger partial charge in [-0.25, -0.2) is 19.2 Å².